The zero-order valence-corrected chi connectivity index (χ0v) is 9.65. The Hall–Kier alpha value is -2.25. The lowest BCUT2D eigenvalue weighted by atomic mass is 10.0. The van der Waals surface area contributed by atoms with Gasteiger partial charge in [-0.2, -0.15) is 13.2 Å². The fraction of sp³-hybridized carbons (Fsp3) is 0.273. The number of nitro benzene ring substituents is 1. The summed E-state index contributed by atoms with van der Waals surface area (Å²) in [4.78, 5) is 32.0. The predicted octanol–water partition coefficient (Wildman–Crippen LogP) is 2.61. The number of Topliss-reactive ketones (excluding diaryl/α,β-unsaturated/α-hetero) is 2. The zero-order chi connectivity index (χ0) is 14.8. The van der Waals surface area contributed by atoms with Gasteiger partial charge in [0.05, 0.1) is 11.3 Å². The Balaban J connectivity index is 2.96. The summed E-state index contributed by atoms with van der Waals surface area (Å²) in [5, 5.41) is 10.5. The van der Waals surface area contributed by atoms with Gasteiger partial charge in [0.1, 0.15) is 0 Å². The number of carbonyl (C=O) groups excluding carboxylic acids is 2. The topological polar surface area (TPSA) is 77.3 Å². The van der Waals surface area contributed by atoms with Crippen LogP contribution in [0.3, 0.4) is 0 Å². The molecular formula is C11H8F3NO4. The van der Waals surface area contributed by atoms with E-state index in [1.54, 1.807) is 0 Å². The fourth-order valence-electron chi connectivity index (χ4n) is 1.42. The highest BCUT2D eigenvalue weighted by Gasteiger charge is 2.39. The van der Waals surface area contributed by atoms with Gasteiger partial charge in [0.2, 0.25) is 5.78 Å². The third kappa shape index (κ3) is 3.60. The molecule has 0 aliphatic carbocycles. The van der Waals surface area contributed by atoms with Gasteiger partial charge in [-0.05, 0) is 18.6 Å². The Bertz CT molecular complexity index is 551. The molecule has 102 valence electrons. The fourth-order valence-corrected chi connectivity index (χ4v) is 1.42. The molecule has 0 atom stereocenters. The summed E-state index contributed by atoms with van der Waals surface area (Å²) in [5.41, 5.74) is -0.270. The molecular weight excluding hydrogens is 267 g/mol. The quantitative estimate of drug-likeness (QED) is 0.366. The molecule has 8 heteroatoms. The van der Waals surface area contributed by atoms with E-state index >= 15 is 0 Å². The van der Waals surface area contributed by atoms with Crippen molar-refractivity contribution in [3.05, 3.63) is 39.4 Å². The van der Waals surface area contributed by atoms with Gasteiger partial charge in [0, 0.05) is 17.7 Å². The van der Waals surface area contributed by atoms with Crippen molar-refractivity contribution in [2.24, 2.45) is 0 Å². The highest BCUT2D eigenvalue weighted by Crippen LogP contribution is 2.22. The third-order valence-corrected chi connectivity index (χ3v) is 2.36. The molecule has 0 saturated carbocycles. The molecule has 0 radical (unpaired) electrons. The van der Waals surface area contributed by atoms with E-state index in [0.29, 0.717) is 0 Å². The summed E-state index contributed by atoms with van der Waals surface area (Å²) < 4.78 is 36.0. The number of hydrogen-bond acceptors (Lipinski definition) is 4. The molecule has 0 heterocycles. The molecule has 0 unspecified atom stereocenters. The average molecular weight is 275 g/mol. The minimum Gasteiger partial charge on any atom is -0.294 e. The van der Waals surface area contributed by atoms with Gasteiger partial charge >= 0.3 is 6.18 Å². The molecule has 0 bridgehead atoms. The lowest BCUT2D eigenvalue weighted by Gasteiger charge is -2.06. The van der Waals surface area contributed by atoms with Crippen molar-refractivity contribution < 1.29 is 27.7 Å². The van der Waals surface area contributed by atoms with Crippen LogP contribution >= 0.6 is 0 Å². The Morgan fingerprint density at radius 3 is 2.32 bits per heavy atom. The van der Waals surface area contributed by atoms with Crippen LogP contribution in [0.25, 0.3) is 0 Å². The van der Waals surface area contributed by atoms with E-state index in [1.165, 1.54) is 6.92 Å². The lowest BCUT2D eigenvalue weighted by molar-refractivity contribution is -0.384. The summed E-state index contributed by atoms with van der Waals surface area (Å²) >= 11 is 0. The van der Waals surface area contributed by atoms with Crippen LogP contribution in [-0.2, 0) is 4.79 Å². The van der Waals surface area contributed by atoms with Crippen molar-refractivity contribution in [3.63, 3.8) is 0 Å². The number of benzene rings is 1. The molecule has 0 aliphatic heterocycles. The van der Waals surface area contributed by atoms with Crippen molar-refractivity contribution in [1.82, 2.24) is 0 Å². The first-order valence-electron chi connectivity index (χ1n) is 5.01. The van der Waals surface area contributed by atoms with Crippen molar-refractivity contribution in [2.45, 2.75) is 19.5 Å². The number of carbonyl (C=O) groups is 2. The Kier molecular flexibility index (Phi) is 4.03. The van der Waals surface area contributed by atoms with E-state index in [0.717, 1.165) is 18.2 Å². The molecule has 1 aromatic carbocycles. The summed E-state index contributed by atoms with van der Waals surface area (Å²) in [7, 11) is 0. The smallest absolute Gasteiger partial charge is 0.294 e. The molecule has 0 saturated heterocycles. The van der Waals surface area contributed by atoms with Gasteiger partial charge in [0.25, 0.3) is 5.69 Å². The number of aryl methyl sites for hydroxylation is 1. The Morgan fingerprint density at radius 1 is 1.32 bits per heavy atom. The van der Waals surface area contributed by atoms with Crippen molar-refractivity contribution in [1.29, 1.82) is 0 Å². The summed E-state index contributed by atoms with van der Waals surface area (Å²) in [6.07, 6.45) is -6.37. The third-order valence-electron chi connectivity index (χ3n) is 2.36. The van der Waals surface area contributed by atoms with E-state index < -0.39 is 29.1 Å². The number of nitrogens with zero attached hydrogens (tertiary/aromatic N) is 1. The van der Waals surface area contributed by atoms with Crippen LogP contribution in [0.2, 0.25) is 0 Å². The van der Waals surface area contributed by atoms with Crippen LogP contribution in [-0.4, -0.2) is 22.7 Å². The number of rotatable bonds is 4. The summed E-state index contributed by atoms with van der Waals surface area (Å²) in [5.74, 6) is -3.16. The number of nitro groups is 1. The van der Waals surface area contributed by atoms with Crippen LogP contribution in [0, 0.1) is 17.0 Å². The molecule has 1 aromatic rings. The minimum atomic E-state index is -5.07. The first-order chi connectivity index (χ1) is 8.62. The Labute approximate surface area is 105 Å². The van der Waals surface area contributed by atoms with E-state index in [9.17, 15) is 32.9 Å². The average Bonchev–Trinajstić information content (AvgIpc) is 2.26. The lowest BCUT2D eigenvalue weighted by Crippen LogP contribution is -2.25. The molecule has 1 rings (SSSR count). The normalized spacial score (nSPS) is 11.2. The maximum atomic E-state index is 12.0. The monoisotopic (exact) mass is 275 g/mol. The number of ketones is 2. The second kappa shape index (κ2) is 5.17. The molecule has 0 aliphatic rings. The van der Waals surface area contributed by atoms with Gasteiger partial charge in [-0.3, -0.25) is 19.7 Å². The highest BCUT2D eigenvalue weighted by atomic mass is 19.4. The largest absolute Gasteiger partial charge is 0.450 e. The molecule has 5 nitrogen and oxygen atoms in total. The molecule has 0 spiro atoms. The summed E-state index contributed by atoms with van der Waals surface area (Å²) in [6, 6.07) is 3.10. The second-order valence-electron chi connectivity index (χ2n) is 3.78. The van der Waals surface area contributed by atoms with E-state index in [1.807, 2.05) is 0 Å². The van der Waals surface area contributed by atoms with Crippen LogP contribution in [0.4, 0.5) is 18.9 Å². The highest BCUT2D eigenvalue weighted by molar-refractivity contribution is 6.10. The van der Waals surface area contributed by atoms with Crippen molar-refractivity contribution >= 4 is 17.3 Å². The molecule has 0 N–H and O–H groups in total. The van der Waals surface area contributed by atoms with Gasteiger partial charge in [-0.1, -0.05) is 0 Å². The Morgan fingerprint density at radius 2 is 1.89 bits per heavy atom. The van der Waals surface area contributed by atoms with Gasteiger partial charge in [-0.25, -0.2) is 0 Å². The second-order valence-corrected chi connectivity index (χ2v) is 3.78. The van der Waals surface area contributed by atoms with Crippen LogP contribution in [0.1, 0.15) is 22.3 Å². The van der Waals surface area contributed by atoms with Gasteiger partial charge < -0.3 is 0 Å². The molecule has 0 aromatic heterocycles. The minimum absolute atomic E-state index is 0.136. The number of non-ortho nitro benzene ring substituents is 1. The molecule has 0 fully saturated rings. The maximum absolute atomic E-state index is 12.0. The number of halogens is 3. The first kappa shape index (κ1) is 14.8. The zero-order valence-electron chi connectivity index (χ0n) is 9.65. The number of hydrogen-bond donors (Lipinski definition) is 0. The van der Waals surface area contributed by atoms with Crippen LogP contribution in [0.5, 0.6) is 0 Å². The van der Waals surface area contributed by atoms with Crippen LogP contribution < -0.4 is 0 Å². The van der Waals surface area contributed by atoms with E-state index in [2.05, 4.69) is 0 Å². The standard InChI is InChI=1S/C11H8F3NO4/c1-6-4-7(15(18)19)2-3-8(6)9(16)5-10(17)11(12,13)14/h2-4H,5H2,1H3. The van der Waals surface area contributed by atoms with Crippen molar-refractivity contribution in [2.75, 3.05) is 0 Å². The van der Waals surface area contributed by atoms with Crippen molar-refractivity contribution in [3.8, 4) is 0 Å². The molecule has 19 heavy (non-hydrogen) atoms. The predicted molar refractivity (Wildman–Crippen MR) is 57.8 cm³/mol. The first-order valence-corrected chi connectivity index (χ1v) is 5.01. The van der Waals surface area contributed by atoms with Gasteiger partial charge in [-0.15, -0.1) is 0 Å². The SMILES string of the molecule is Cc1cc([N+](=O)[O-])ccc1C(=O)CC(=O)C(F)(F)F. The number of alkyl halides is 3. The van der Waals surface area contributed by atoms with E-state index in [-0.39, 0.29) is 16.8 Å². The summed E-state index contributed by atoms with van der Waals surface area (Å²) in [6.45, 7) is 1.35. The van der Waals surface area contributed by atoms with E-state index in [4.69, 9.17) is 0 Å². The maximum Gasteiger partial charge on any atom is 0.450 e. The molecule has 0 amide bonds. The van der Waals surface area contributed by atoms with Crippen LogP contribution in [0.15, 0.2) is 18.2 Å². The van der Waals surface area contributed by atoms with Gasteiger partial charge in [0.15, 0.2) is 5.78 Å².